The van der Waals surface area contributed by atoms with Crippen LogP contribution in [-0.2, 0) is 9.59 Å². The van der Waals surface area contributed by atoms with Crippen molar-refractivity contribution in [2.24, 2.45) is 11.7 Å². The lowest BCUT2D eigenvalue weighted by Gasteiger charge is -2.25. The molecule has 1 saturated carbocycles. The fraction of sp³-hybridized carbons (Fsp3) is 0.231. The Bertz CT molecular complexity index is 1170. The number of rotatable bonds is 4. The van der Waals surface area contributed by atoms with Crippen LogP contribution in [0.15, 0.2) is 66.9 Å². The number of fused-ring (bicyclic) bond motifs is 1. The summed E-state index contributed by atoms with van der Waals surface area (Å²) >= 11 is 0. The van der Waals surface area contributed by atoms with Gasteiger partial charge < -0.3 is 16.0 Å². The lowest BCUT2D eigenvalue weighted by molar-refractivity contribution is -0.120. The molecular weight excluding hydrogens is 400 g/mol. The van der Waals surface area contributed by atoms with Crippen molar-refractivity contribution >= 4 is 40.5 Å². The third kappa shape index (κ3) is 3.85. The Kier molecular flexibility index (Phi) is 5.37. The number of benzene rings is 2. The summed E-state index contributed by atoms with van der Waals surface area (Å²) in [6.45, 7) is 0. The molecule has 0 bridgehead atoms. The van der Waals surface area contributed by atoms with E-state index in [0.717, 1.165) is 48.3 Å². The molecule has 0 unspecified atom stereocenters. The molecule has 0 atom stereocenters. The van der Waals surface area contributed by atoms with E-state index < -0.39 is 0 Å². The lowest BCUT2D eigenvalue weighted by Crippen LogP contribution is -2.32. The highest BCUT2D eigenvalue weighted by atomic mass is 16.2. The van der Waals surface area contributed by atoms with Crippen molar-refractivity contribution in [3.05, 3.63) is 78.1 Å². The van der Waals surface area contributed by atoms with E-state index in [1.54, 1.807) is 4.90 Å². The summed E-state index contributed by atoms with van der Waals surface area (Å²) < 4.78 is 0. The third-order valence-corrected chi connectivity index (χ3v) is 6.30. The number of nitrogens with two attached hydrogens (primary N) is 1. The highest BCUT2D eigenvalue weighted by Crippen LogP contribution is 2.42. The van der Waals surface area contributed by atoms with Crippen LogP contribution in [0.4, 0.5) is 17.1 Å². The fourth-order valence-electron chi connectivity index (χ4n) is 4.58. The summed E-state index contributed by atoms with van der Waals surface area (Å²) in [6.07, 6.45) is 7.11. The van der Waals surface area contributed by atoms with E-state index in [1.807, 2.05) is 72.9 Å². The van der Waals surface area contributed by atoms with E-state index in [2.05, 4.69) is 10.3 Å². The number of nitrogens with one attached hydrogen (secondary N) is 2. The number of carbonyl (C=O) groups excluding carboxylic acids is 2. The Morgan fingerprint density at radius 1 is 1.03 bits per heavy atom. The predicted molar refractivity (Wildman–Crippen MR) is 127 cm³/mol. The standard InChI is InChI=1S/C26H26N4O2/c27-18-12-10-17(11-13-18)25(31)29-20-5-3-7-21(15-20)30-24-9-2-1-8-22(24)23(26(30)32)16-19-6-4-14-28-19/h1-9,14-18,28H,10-13,27H2,(H,29,31). The normalized spacial score (nSPS) is 21.6. The Balaban J connectivity index is 1.42. The van der Waals surface area contributed by atoms with Gasteiger partial charge in [-0.25, -0.2) is 0 Å². The van der Waals surface area contributed by atoms with Crippen molar-refractivity contribution in [1.82, 2.24) is 4.98 Å². The van der Waals surface area contributed by atoms with Crippen molar-refractivity contribution < 1.29 is 9.59 Å². The van der Waals surface area contributed by atoms with Crippen LogP contribution in [-0.4, -0.2) is 22.8 Å². The van der Waals surface area contributed by atoms with Gasteiger partial charge in [0.25, 0.3) is 5.91 Å². The van der Waals surface area contributed by atoms with Gasteiger partial charge in [-0.1, -0.05) is 24.3 Å². The van der Waals surface area contributed by atoms with Crippen LogP contribution in [0.3, 0.4) is 0 Å². The SMILES string of the molecule is NC1CCC(C(=O)Nc2cccc(N3C(=O)C(=Cc4ccc[nH]4)c4ccccc43)c2)CC1. The first kappa shape index (κ1) is 20.3. The minimum atomic E-state index is -0.0921. The van der Waals surface area contributed by atoms with E-state index >= 15 is 0 Å². The topological polar surface area (TPSA) is 91.2 Å². The van der Waals surface area contributed by atoms with Gasteiger partial charge in [0, 0.05) is 35.1 Å². The molecule has 1 aliphatic carbocycles. The Labute approximate surface area is 187 Å². The summed E-state index contributed by atoms with van der Waals surface area (Å²) in [7, 11) is 0. The Morgan fingerprint density at radius 2 is 1.84 bits per heavy atom. The number of carbonyl (C=O) groups is 2. The van der Waals surface area contributed by atoms with E-state index in [1.165, 1.54) is 0 Å². The van der Waals surface area contributed by atoms with E-state index in [9.17, 15) is 9.59 Å². The van der Waals surface area contributed by atoms with Crippen LogP contribution >= 0.6 is 0 Å². The highest BCUT2D eigenvalue weighted by molar-refractivity contribution is 6.37. The molecule has 6 nitrogen and oxygen atoms in total. The number of para-hydroxylation sites is 1. The number of nitrogens with zero attached hydrogens (tertiary/aromatic N) is 1. The van der Waals surface area contributed by atoms with Gasteiger partial charge in [0.2, 0.25) is 5.91 Å². The molecule has 1 aliphatic heterocycles. The number of anilines is 3. The smallest absolute Gasteiger partial charge is 0.263 e. The van der Waals surface area contributed by atoms with Gasteiger partial charge in [0.05, 0.1) is 16.9 Å². The summed E-state index contributed by atoms with van der Waals surface area (Å²) in [5.74, 6) is -0.0806. The third-order valence-electron chi connectivity index (χ3n) is 6.30. The van der Waals surface area contributed by atoms with E-state index in [0.29, 0.717) is 11.3 Å². The maximum absolute atomic E-state index is 13.4. The fourth-order valence-corrected chi connectivity index (χ4v) is 4.58. The molecule has 0 spiro atoms. The molecule has 5 rings (SSSR count). The van der Waals surface area contributed by atoms with Crippen molar-refractivity contribution in [1.29, 1.82) is 0 Å². The van der Waals surface area contributed by atoms with Crippen molar-refractivity contribution in [3.63, 3.8) is 0 Å². The molecule has 1 aromatic heterocycles. The van der Waals surface area contributed by atoms with Crippen molar-refractivity contribution in [3.8, 4) is 0 Å². The molecule has 0 saturated heterocycles. The Hall–Kier alpha value is -3.64. The van der Waals surface area contributed by atoms with E-state index in [4.69, 9.17) is 5.73 Å². The summed E-state index contributed by atoms with van der Waals surface area (Å²) in [5.41, 5.74) is 10.6. The zero-order valence-corrected chi connectivity index (χ0v) is 17.8. The molecule has 6 heteroatoms. The average Bonchev–Trinajstić information content (AvgIpc) is 3.41. The zero-order chi connectivity index (χ0) is 22.1. The molecule has 162 valence electrons. The maximum atomic E-state index is 13.4. The quantitative estimate of drug-likeness (QED) is 0.529. The summed E-state index contributed by atoms with van der Waals surface area (Å²) in [6, 6.07) is 19.3. The van der Waals surface area contributed by atoms with Crippen LogP contribution in [0, 0.1) is 5.92 Å². The molecule has 2 aliphatic rings. The zero-order valence-electron chi connectivity index (χ0n) is 17.8. The maximum Gasteiger partial charge on any atom is 0.263 e. The number of hydrogen-bond acceptors (Lipinski definition) is 3. The average molecular weight is 427 g/mol. The summed E-state index contributed by atoms with van der Waals surface area (Å²) in [4.78, 5) is 31.0. The van der Waals surface area contributed by atoms with Gasteiger partial charge >= 0.3 is 0 Å². The van der Waals surface area contributed by atoms with Crippen LogP contribution in [0.5, 0.6) is 0 Å². The minimum absolute atomic E-state index is 0.0112. The molecule has 4 N–H and O–H groups in total. The molecule has 2 aromatic carbocycles. The number of amides is 2. The van der Waals surface area contributed by atoms with Crippen LogP contribution in [0.25, 0.3) is 11.6 Å². The largest absolute Gasteiger partial charge is 0.362 e. The van der Waals surface area contributed by atoms with Gasteiger partial charge in [0.15, 0.2) is 0 Å². The van der Waals surface area contributed by atoms with Crippen molar-refractivity contribution in [2.75, 3.05) is 10.2 Å². The second kappa shape index (κ2) is 8.48. The van der Waals surface area contributed by atoms with Crippen LogP contribution < -0.4 is 16.0 Å². The molecule has 3 aromatic rings. The first-order valence-electron chi connectivity index (χ1n) is 11.1. The molecule has 32 heavy (non-hydrogen) atoms. The first-order valence-corrected chi connectivity index (χ1v) is 11.1. The summed E-state index contributed by atoms with van der Waals surface area (Å²) in [5, 5.41) is 3.04. The van der Waals surface area contributed by atoms with E-state index in [-0.39, 0.29) is 23.8 Å². The number of aromatic amines is 1. The second-order valence-corrected chi connectivity index (χ2v) is 8.49. The Morgan fingerprint density at radius 3 is 2.62 bits per heavy atom. The number of hydrogen-bond donors (Lipinski definition) is 3. The second-order valence-electron chi connectivity index (χ2n) is 8.49. The lowest BCUT2D eigenvalue weighted by atomic mass is 9.86. The molecule has 0 radical (unpaired) electrons. The molecular formula is C26H26N4O2. The minimum Gasteiger partial charge on any atom is -0.362 e. The first-order chi connectivity index (χ1) is 15.6. The highest BCUT2D eigenvalue weighted by Gasteiger charge is 2.33. The van der Waals surface area contributed by atoms with Crippen LogP contribution in [0.1, 0.15) is 36.9 Å². The molecule has 1 fully saturated rings. The number of H-pyrrole nitrogens is 1. The molecule has 2 amide bonds. The van der Waals surface area contributed by atoms with Gasteiger partial charge in [-0.05, 0) is 68.2 Å². The number of aromatic nitrogens is 1. The predicted octanol–water partition coefficient (Wildman–Crippen LogP) is 4.69. The van der Waals surface area contributed by atoms with Gasteiger partial charge in [-0.3, -0.25) is 14.5 Å². The monoisotopic (exact) mass is 426 g/mol. The molecule has 2 heterocycles. The van der Waals surface area contributed by atoms with Crippen LogP contribution in [0.2, 0.25) is 0 Å². The van der Waals surface area contributed by atoms with Gasteiger partial charge in [-0.2, -0.15) is 0 Å². The van der Waals surface area contributed by atoms with Gasteiger partial charge in [0.1, 0.15) is 0 Å². The van der Waals surface area contributed by atoms with Gasteiger partial charge in [-0.15, -0.1) is 0 Å². The van der Waals surface area contributed by atoms with Crippen molar-refractivity contribution in [2.45, 2.75) is 31.7 Å².